The van der Waals surface area contributed by atoms with Crippen LogP contribution < -0.4 is 4.74 Å². The lowest BCUT2D eigenvalue weighted by Crippen LogP contribution is -2.12. The molecule has 96 valence electrons. The molecule has 0 atom stereocenters. The number of aryl methyl sites for hydroxylation is 1. The van der Waals surface area contributed by atoms with Gasteiger partial charge in [0.1, 0.15) is 18.1 Å². The number of Topliss-reactive ketones (excluding diaryl/α,β-unsaturated/α-hetero) is 2. The van der Waals surface area contributed by atoms with Gasteiger partial charge < -0.3 is 9.53 Å². The van der Waals surface area contributed by atoms with Crippen molar-refractivity contribution in [3.8, 4) is 5.75 Å². The van der Waals surface area contributed by atoms with Crippen molar-refractivity contribution in [3.63, 3.8) is 0 Å². The van der Waals surface area contributed by atoms with E-state index in [1.54, 1.807) is 6.92 Å². The van der Waals surface area contributed by atoms with Crippen molar-refractivity contribution in [2.75, 3.05) is 6.61 Å². The van der Waals surface area contributed by atoms with Crippen molar-refractivity contribution in [1.82, 2.24) is 0 Å². The maximum Gasteiger partial charge on any atom is 0.173 e. The fraction of sp³-hybridized carbons (Fsp3) is 0.467. The summed E-state index contributed by atoms with van der Waals surface area (Å²) in [6, 6.07) is 7.60. The van der Waals surface area contributed by atoms with Gasteiger partial charge in [-0.05, 0) is 43.9 Å². The molecule has 1 aromatic carbocycles. The highest BCUT2D eigenvalue weighted by molar-refractivity contribution is 5.84. The lowest BCUT2D eigenvalue weighted by Gasteiger charge is -2.06. The Morgan fingerprint density at radius 3 is 2.44 bits per heavy atom. The highest BCUT2D eigenvalue weighted by Gasteiger charge is 2.29. The van der Waals surface area contributed by atoms with Gasteiger partial charge in [-0.25, -0.2) is 0 Å². The van der Waals surface area contributed by atoms with Crippen LogP contribution in [0.1, 0.15) is 31.7 Å². The van der Waals surface area contributed by atoms with Crippen LogP contribution in [-0.2, 0) is 16.0 Å². The maximum absolute atomic E-state index is 11.5. The lowest BCUT2D eigenvalue weighted by atomic mass is 10.1. The average molecular weight is 246 g/mol. The molecule has 18 heavy (non-hydrogen) atoms. The van der Waals surface area contributed by atoms with Gasteiger partial charge in [0, 0.05) is 12.3 Å². The molecule has 0 amide bonds. The predicted octanol–water partition coefficient (Wildman–Crippen LogP) is 2.57. The van der Waals surface area contributed by atoms with Gasteiger partial charge >= 0.3 is 0 Å². The van der Waals surface area contributed by atoms with Crippen LogP contribution in [0.3, 0.4) is 0 Å². The average Bonchev–Trinajstić information content (AvgIpc) is 3.19. The van der Waals surface area contributed by atoms with Gasteiger partial charge in [0.2, 0.25) is 0 Å². The fourth-order valence-corrected chi connectivity index (χ4v) is 1.75. The van der Waals surface area contributed by atoms with Crippen LogP contribution in [0.25, 0.3) is 0 Å². The SMILES string of the molecule is CC(=O)CCc1ccc(OCC(=O)C2CC2)cc1. The summed E-state index contributed by atoms with van der Waals surface area (Å²) in [6.07, 6.45) is 3.37. The summed E-state index contributed by atoms with van der Waals surface area (Å²) in [6.45, 7) is 1.78. The van der Waals surface area contributed by atoms with Gasteiger partial charge in [0.15, 0.2) is 5.78 Å². The number of benzene rings is 1. The van der Waals surface area contributed by atoms with E-state index in [4.69, 9.17) is 4.74 Å². The number of carbonyl (C=O) groups is 2. The molecule has 0 aliphatic heterocycles. The van der Waals surface area contributed by atoms with Gasteiger partial charge in [-0.15, -0.1) is 0 Å². The van der Waals surface area contributed by atoms with E-state index in [-0.39, 0.29) is 24.1 Å². The van der Waals surface area contributed by atoms with Crippen molar-refractivity contribution >= 4 is 11.6 Å². The molecule has 0 saturated heterocycles. The first-order chi connectivity index (χ1) is 8.65. The summed E-state index contributed by atoms with van der Waals surface area (Å²) < 4.78 is 5.43. The third-order valence-corrected chi connectivity index (χ3v) is 3.10. The molecule has 0 bridgehead atoms. The van der Waals surface area contributed by atoms with Crippen LogP contribution >= 0.6 is 0 Å². The molecule has 0 radical (unpaired) electrons. The van der Waals surface area contributed by atoms with Crippen LogP contribution in [0.5, 0.6) is 5.75 Å². The first-order valence-electron chi connectivity index (χ1n) is 6.39. The number of rotatable bonds is 7. The monoisotopic (exact) mass is 246 g/mol. The molecule has 1 aliphatic carbocycles. The molecule has 3 nitrogen and oxygen atoms in total. The van der Waals surface area contributed by atoms with Crippen LogP contribution in [0.2, 0.25) is 0 Å². The molecular weight excluding hydrogens is 228 g/mol. The Balaban J connectivity index is 1.79. The lowest BCUT2D eigenvalue weighted by molar-refractivity contribution is -0.122. The Bertz CT molecular complexity index is 430. The van der Waals surface area contributed by atoms with Crippen LogP contribution in [0.15, 0.2) is 24.3 Å². The van der Waals surface area contributed by atoms with E-state index in [0.29, 0.717) is 6.42 Å². The second kappa shape index (κ2) is 5.80. The largest absolute Gasteiger partial charge is 0.486 e. The molecule has 0 aromatic heterocycles. The third kappa shape index (κ3) is 3.99. The standard InChI is InChI=1S/C15H18O3/c1-11(16)2-3-12-4-8-14(9-5-12)18-10-15(17)13-6-7-13/h4-5,8-9,13H,2-3,6-7,10H2,1H3. The van der Waals surface area contributed by atoms with Crippen molar-refractivity contribution in [2.24, 2.45) is 5.92 Å². The second-order valence-electron chi connectivity index (χ2n) is 4.88. The van der Waals surface area contributed by atoms with Gasteiger partial charge in [0.05, 0.1) is 0 Å². The topological polar surface area (TPSA) is 43.4 Å². The summed E-state index contributed by atoms with van der Waals surface area (Å²) in [5, 5.41) is 0. The summed E-state index contributed by atoms with van der Waals surface area (Å²) in [5.74, 6) is 1.37. The molecule has 1 aliphatic rings. The van der Waals surface area contributed by atoms with Crippen molar-refractivity contribution in [3.05, 3.63) is 29.8 Å². The van der Waals surface area contributed by atoms with Crippen molar-refractivity contribution in [2.45, 2.75) is 32.6 Å². The zero-order valence-electron chi connectivity index (χ0n) is 10.6. The Morgan fingerprint density at radius 1 is 1.22 bits per heavy atom. The molecule has 1 fully saturated rings. The molecule has 3 heteroatoms. The van der Waals surface area contributed by atoms with E-state index in [0.717, 1.165) is 30.6 Å². The Kier molecular flexibility index (Phi) is 4.13. The summed E-state index contributed by atoms with van der Waals surface area (Å²) in [4.78, 5) is 22.3. The fourth-order valence-electron chi connectivity index (χ4n) is 1.75. The first kappa shape index (κ1) is 12.8. The third-order valence-electron chi connectivity index (χ3n) is 3.10. The summed E-state index contributed by atoms with van der Waals surface area (Å²) in [5.41, 5.74) is 1.12. The number of carbonyl (C=O) groups excluding carboxylic acids is 2. The molecule has 2 rings (SSSR count). The van der Waals surface area contributed by atoms with E-state index in [1.807, 2.05) is 24.3 Å². The highest BCUT2D eigenvalue weighted by atomic mass is 16.5. The van der Waals surface area contributed by atoms with Gasteiger partial charge in [-0.2, -0.15) is 0 Å². The first-order valence-corrected chi connectivity index (χ1v) is 6.39. The predicted molar refractivity (Wildman–Crippen MR) is 68.7 cm³/mol. The molecule has 0 unspecified atom stereocenters. The Hall–Kier alpha value is -1.64. The van der Waals surface area contributed by atoms with Gasteiger partial charge in [0.25, 0.3) is 0 Å². The minimum absolute atomic E-state index is 0.178. The van der Waals surface area contributed by atoms with Gasteiger partial charge in [-0.3, -0.25) is 4.79 Å². The minimum Gasteiger partial charge on any atom is -0.486 e. The second-order valence-corrected chi connectivity index (χ2v) is 4.88. The highest BCUT2D eigenvalue weighted by Crippen LogP contribution is 2.29. The molecular formula is C15H18O3. The van der Waals surface area contributed by atoms with Gasteiger partial charge in [-0.1, -0.05) is 12.1 Å². The van der Waals surface area contributed by atoms with Crippen LogP contribution in [0.4, 0.5) is 0 Å². The minimum atomic E-state index is 0.178. The quantitative estimate of drug-likeness (QED) is 0.742. The van der Waals surface area contributed by atoms with E-state index >= 15 is 0 Å². The van der Waals surface area contributed by atoms with Crippen LogP contribution in [-0.4, -0.2) is 18.2 Å². The molecule has 1 aromatic rings. The van der Waals surface area contributed by atoms with Crippen LogP contribution in [0, 0.1) is 5.92 Å². The zero-order valence-corrected chi connectivity index (χ0v) is 10.6. The van der Waals surface area contributed by atoms with E-state index in [9.17, 15) is 9.59 Å². The van der Waals surface area contributed by atoms with Crippen molar-refractivity contribution in [1.29, 1.82) is 0 Å². The number of ketones is 2. The van der Waals surface area contributed by atoms with Crippen molar-refractivity contribution < 1.29 is 14.3 Å². The number of hydrogen-bond donors (Lipinski definition) is 0. The van der Waals surface area contributed by atoms with E-state index < -0.39 is 0 Å². The van der Waals surface area contributed by atoms with E-state index in [1.165, 1.54) is 0 Å². The smallest absolute Gasteiger partial charge is 0.173 e. The summed E-state index contributed by atoms with van der Waals surface area (Å²) in [7, 11) is 0. The molecule has 0 heterocycles. The summed E-state index contributed by atoms with van der Waals surface area (Å²) >= 11 is 0. The molecule has 0 N–H and O–H groups in total. The Labute approximate surface area is 107 Å². The Morgan fingerprint density at radius 2 is 1.89 bits per heavy atom. The normalized spacial score (nSPS) is 14.3. The maximum atomic E-state index is 11.5. The van der Waals surface area contributed by atoms with E-state index in [2.05, 4.69) is 0 Å². The number of hydrogen-bond acceptors (Lipinski definition) is 3. The molecule has 1 saturated carbocycles. The zero-order chi connectivity index (χ0) is 13.0. The molecule has 0 spiro atoms. The number of ether oxygens (including phenoxy) is 1.